The highest BCUT2D eigenvalue weighted by molar-refractivity contribution is 7.15. The number of carboxylic acids is 1. The van der Waals surface area contributed by atoms with Crippen molar-refractivity contribution in [2.24, 2.45) is 0 Å². The molecular weight excluding hydrogens is 356 g/mol. The van der Waals surface area contributed by atoms with Gasteiger partial charge in [0.05, 0.1) is 6.61 Å². The number of carboxylic acid groups (broad SMARTS) is 1. The molecule has 2 amide bonds. The van der Waals surface area contributed by atoms with Gasteiger partial charge in [0.15, 0.2) is 0 Å². The maximum absolute atomic E-state index is 12.4. The van der Waals surface area contributed by atoms with Crippen LogP contribution in [0.4, 0.5) is 9.80 Å². The Hall–Kier alpha value is -2.87. The van der Waals surface area contributed by atoms with Crippen LogP contribution in [0.2, 0.25) is 0 Å². The Bertz CT molecular complexity index is 773. The van der Waals surface area contributed by atoms with E-state index in [-0.39, 0.29) is 19.6 Å². The molecule has 7 nitrogen and oxygen atoms in total. The third-order valence-electron chi connectivity index (χ3n) is 3.44. The van der Waals surface area contributed by atoms with Gasteiger partial charge in [-0.3, -0.25) is 10.1 Å². The Kier molecular flexibility index (Phi) is 7.16. The van der Waals surface area contributed by atoms with E-state index in [0.29, 0.717) is 22.5 Å². The molecular formula is C18H20N2O5S. The third-order valence-corrected chi connectivity index (χ3v) is 4.33. The summed E-state index contributed by atoms with van der Waals surface area (Å²) in [4.78, 5) is 34.9. The zero-order valence-corrected chi connectivity index (χ0v) is 15.1. The number of esters is 1. The number of aliphatic carboxylic acids is 1. The van der Waals surface area contributed by atoms with Crippen molar-refractivity contribution in [2.45, 2.75) is 19.8 Å². The molecule has 0 fully saturated rings. The van der Waals surface area contributed by atoms with Crippen molar-refractivity contribution in [2.75, 3.05) is 18.5 Å². The minimum absolute atomic E-state index is 0.0223. The van der Waals surface area contributed by atoms with Gasteiger partial charge in [0.25, 0.3) is 0 Å². The van der Waals surface area contributed by atoms with Gasteiger partial charge in [-0.1, -0.05) is 30.3 Å². The van der Waals surface area contributed by atoms with Crippen LogP contribution in [0.5, 0.6) is 0 Å². The average molecular weight is 376 g/mol. The molecule has 1 heterocycles. The Morgan fingerprint density at radius 2 is 1.92 bits per heavy atom. The number of benzene rings is 1. The molecule has 3 N–H and O–H groups in total. The van der Waals surface area contributed by atoms with Crippen LogP contribution in [0.1, 0.15) is 30.1 Å². The highest BCUT2D eigenvalue weighted by atomic mass is 32.1. The smallest absolute Gasteiger partial charge is 0.341 e. The van der Waals surface area contributed by atoms with Crippen LogP contribution in [0.3, 0.4) is 0 Å². The average Bonchev–Trinajstić information content (AvgIpc) is 3.03. The largest absolute Gasteiger partial charge is 0.481 e. The van der Waals surface area contributed by atoms with Gasteiger partial charge in [-0.15, -0.1) is 11.3 Å². The minimum atomic E-state index is -0.914. The third kappa shape index (κ3) is 5.32. The first-order chi connectivity index (χ1) is 12.5. The van der Waals surface area contributed by atoms with Crippen molar-refractivity contribution in [1.82, 2.24) is 5.32 Å². The van der Waals surface area contributed by atoms with E-state index in [1.165, 1.54) is 11.3 Å². The zero-order valence-electron chi connectivity index (χ0n) is 14.3. The lowest BCUT2D eigenvalue weighted by Gasteiger charge is -2.09. The lowest BCUT2D eigenvalue weighted by molar-refractivity contribution is -0.137. The van der Waals surface area contributed by atoms with Gasteiger partial charge in [0.1, 0.15) is 10.6 Å². The number of carbonyl (C=O) groups is 3. The first-order valence-corrected chi connectivity index (χ1v) is 9.01. The van der Waals surface area contributed by atoms with E-state index in [1.807, 2.05) is 30.3 Å². The monoisotopic (exact) mass is 376 g/mol. The van der Waals surface area contributed by atoms with E-state index in [1.54, 1.807) is 12.3 Å². The predicted octanol–water partition coefficient (Wildman–Crippen LogP) is 3.58. The highest BCUT2D eigenvalue weighted by Gasteiger charge is 2.22. The fourth-order valence-corrected chi connectivity index (χ4v) is 3.23. The Labute approximate surface area is 155 Å². The number of ether oxygens (including phenoxy) is 1. The lowest BCUT2D eigenvalue weighted by Crippen LogP contribution is -2.30. The molecule has 138 valence electrons. The number of carbonyl (C=O) groups excluding carboxylic acids is 2. The molecule has 1 aromatic carbocycles. The summed E-state index contributed by atoms with van der Waals surface area (Å²) >= 11 is 1.23. The summed E-state index contributed by atoms with van der Waals surface area (Å²) in [5.74, 6) is -1.42. The molecule has 0 aliphatic heterocycles. The van der Waals surface area contributed by atoms with E-state index in [0.717, 1.165) is 5.56 Å². The number of hydrogen-bond acceptors (Lipinski definition) is 5. The first kappa shape index (κ1) is 19.5. The summed E-state index contributed by atoms with van der Waals surface area (Å²) < 4.78 is 5.13. The number of rotatable bonds is 8. The Morgan fingerprint density at radius 3 is 2.58 bits per heavy atom. The van der Waals surface area contributed by atoms with Crippen LogP contribution in [0.25, 0.3) is 11.1 Å². The number of amides is 2. The van der Waals surface area contributed by atoms with Crippen LogP contribution in [0, 0.1) is 0 Å². The summed E-state index contributed by atoms with van der Waals surface area (Å²) in [5, 5.41) is 16.0. The topological polar surface area (TPSA) is 105 Å². The number of urea groups is 1. The molecule has 0 radical (unpaired) electrons. The predicted molar refractivity (Wildman–Crippen MR) is 99.6 cm³/mol. The zero-order chi connectivity index (χ0) is 18.9. The molecule has 8 heteroatoms. The quantitative estimate of drug-likeness (QED) is 0.482. The maximum atomic E-state index is 12.4. The summed E-state index contributed by atoms with van der Waals surface area (Å²) in [5.41, 5.74) is 1.85. The lowest BCUT2D eigenvalue weighted by atomic mass is 10.0. The SMILES string of the molecule is CCOC(=O)c1c(-c2ccccc2)csc1NC(=O)NCCCC(=O)O. The van der Waals surface area contributed by atoms with Gasteiger partial charge < -0.3 is 15.2 Å². The van der Waals surface area contributed by atoms with Crippen LogP contribution in [-0.4, -0.2) is 36.2 Å². The molecule has 0 atom stereocenters. The molecule has 0 aliphatic rings. The summed E-state index contributed by atoms with van der Waals surface area (Å²) in [6.07, 6.45) is 0.304. The molecule has 1 aromatic heterocycles. The van der Waals surface area contributed by atoms with Crippen LogP contribution in [-0.2, 0) is 9.53 Å². The van der Waals surface area contributed by atoms with Crippen LogP contribution in [0.15, 0.2) is 35.7 Å². The van der Waals surface area contributed by atoms with E-state index in [2.05, 4.69) is 10.6 Å². The van der Waals surface area contributed by atoms with E-state index in [9.17, 15) is 14.4 Å². The normalized spacial score (nSPS) is 10.2. The molecule has 2 rings (SSSR count). The van der Waals surface area contributed by atoms with Crippen molar-refractivity contribution in [3.63, 3.8) is 0 Å². The van der Waals surface area contributed by atoms with Gasteiger partial charge in [-0.05, 0) is 18.9 Å². The van der Waals surface area contributed by atoms with E-state index < -0.39 is 18.0 Å². The van der Waals surface area contributed by atoms with Gasteiger partial charge in [-0.2, -0.15) is 0 Å². The molecule has 0 saturated heterocycles. The van der Waals surface area contributed by atoms with Crippen LogP contribution < -0.4 is 10.6 Å². The van der Waals surface area contributed by atoms with Crippen molar-refractivity contribution in [1.29, 1.82) is 0 Å². The van der Waals surface area contributed by atoms with Crippen molar-refractivity contribution in [3.8, 4) is 11.1 Å². The fraction of sp³-hybridized carbons (Fsp3) is 0.278. The fourth-order valence-electron chi connectivity index (χ4n) is 2.27. The molecule has 0 saturated carbocycles. The summed E-state index contributed by atoms with van der Waals surface area (Å²) in [6.45, 7) is 2.17. The summed E-state index contributed by atoms with van der Waals surface area (Å²) in [6, 6.07) is 8.86. The molecule has 2 aromatic rings. The molecule has 0 bridgehead atoms. The van der Waals surface area contributed by atoms with Crippen molar-refractivity contribution < 1.29 is 24.2 Å². The second-order valence-electron chi connectivity index (χ2n) is 5.32. The van der Waals surface area contributed by atoms with Gasteiger partial charge >= 0.3 is 18.0 Å². The Balaban J connectivity index is 2.15. The van der Waals surface area contributed by atoms with Gasteiger partial charge in [0.2, 0.25) is 0 Å². The molecule has 0 aliphatic carbocycles. The van der Waals surface area contributed by atoms with Gasteiger partial charge in [0, 0.05) is 23.9 Å². The second-order valence-corrected chi connectivity index (χ2v) is 6.20. The molecule has 0 unspecified atom stereocenters. The maximum Gasteiger partial charge on any atom is 0.341 e. The number of hydrogen-bond donors (Lipinski definition) is 3. The van der Waals surface area contributed by atoms with Crippen molar-refractivity contribution in [3.05, 3.63) is 41.3 Å². The number of thiophene rings is 1. The summed E-state index contributed by atoms with van der Waals surface area (Å²) in [7, 11) is 0. The number of anilines is 1. The first-order valence-electron chi connectivity index (χ1n) is 8.13. The van der Waals surface area contributed by atoms with Gasteiger partial charge in [-0.25, -0.2) is 9.59 Å². The van der Waals surface area contributed by atoms with E-state index in [4.69, 9.17) is 9.84 Å². The molecule has 26 heavy (non-hydrogen) atoms. The minimum Gasteiger partial charge on any atom is -0.481 e. The molecule has 0 spiro atoms. The highest BCUT2D eigenvalue weighted by Crippen LogP contribution is 2.36. The standard InChI is InChI=1S/C18H20N2O5S/c1-2-25-17(23)15-13(12-7-4-3-5-8-12)11-26-16(15)20-18(24)19-10-6-9-14(21)22/h3-5,7-8,11H,2,6,9-10H2,1H3,(H,21,22)(H2,19,20,24). The van der Waals surface area contributed by atoms with E-state index >= 15 is 0 Å². The second kappa shape index (κ2) is 9.57. The number of nitrogens with one attached hydrogen (secondary N) is 2. The van der Waals surface area contributed by atoms with Crippen molar-refractivity contribution >= 4 is 34.3 Å². The Morgan fingerprint density at radius 1 is 1.19 bits per heavy atom. The van der Waals surface area contributed by atoms with Crippen LogP contribution >= 0.6 is 11.3 Å².